The van der Waals surface area contributed by atoms with Crippen molar-refractivity contribution in [3.8, 4) is 11.1 Å². The van der Waals surface area contributed by atoms with Gasteiger partial charge in [0, 0.05) is 41.5 Å². The van der Waals surface area contributed by atoms with Crippen LogP contribution in [-0.2, 0) is 14.4 Å². The fourth-order valence-corrected chi connectivity index (χ4v) is 5.59. The van der Waals surface area contributed by atoms with Gasteiger partial charge in [0.15, 0.2) is 5.82 Å². The zero-order valence-electron chi connectivity index (χ0n) is 23.0. The predicted molar refractivity (Wildman–Crippen MR) is 154 cm³/mol. The van der Waals surface area contributed by atoms with E-state index in [-0.39, 0.29) is 40.9 Å². The van der Waals surface area contributed by atoms with Crippen LogP contribution in [0.4, 0.5) is 28.9 Å². The van der Waals surface area contributed by atoms with E-state index >= 15 is 4.39 Å². The van der Waals surface area contributed by atoms with E-state index in [1.807, 2.05) is 43.3 Å². The van der Waals surface area contributed by atoms with Crippen LogP contribution in [0.3, 0.4) is 0 Å². The predicted octanol–water partition coefficient (Wildman–Crippen LogP) is 7.16. The van der Waals surface area contributed by atoms with Gasteiger partial charge in [-0.05, 0) is 60.7 Å². The Morgan fingerprint density at radius 2 is 1.88 bits per heavy atom. The zero-order chi connectivity index (χ0) is 30.9. The molecule has 2 aliphatic heterocycles. The minimum Gasteiger partial charge on any atom is -0.330 e. The van der Waals surface area contributed by atoms with E-state index in [4.69, 9.17) is 11.6 Å². The van der Waals surface area contributed by atoms with Crippen LogP contribution in [-0.4, -0.2) is 40.3 Å². The SMILES string of the molecule is C[C@@H]1CCC[C@H](N2CCC(c3c(NC(=O)C(F)(F)F)ccc(Cl)c3F)=CC2=O)c2cc(ccn2)-c2ccccc2NC1=O. The maximum absolute atomic E-state index is 15.2. The summed E-state index contributed by atoms with van der Waals surface area (Å²) in [6.45, 7) is 1.94. The number of benzene rings is 2. The number of para-hydroxylation sites is 1. The van der Waals surface area contributed by atoms with Gasteiger partial charge in [0.05, 0.1) is 22.4 Å². The van der Waals surface area contributed by atoms with E-state index in [1.54, 1.807) is 16.4 Å². The lowest BCUT2D eigenvalue weighted by molar-refractivity contribution is -0.167. The number of nitrogens with one attached hydrogen (secondary N) is 2. The first-order chi connectivity index (χ1) is 20.4. The third-order valence-electron chi connectivity index (χ3n) is 7.68. The topological polar surface area (TPSA) is 91.4 Å². The molecule has 3 heterocycles. The summed E-state index contributed by atoms with van der Waals surface area (Å²) in [7, 11) is 0. The van der Waals surface area contributed by atoms with Crippen LogP contribution in [0, 0.1) is 11.7 Å². The Bertz CT molecular complexity index is 1620. The Kier molecular flexibility index (Phi) is 8.55. The fraction of sp³-hybridized carbons (Fsp3) is 0.290. The van der Waals surface area contributed by atoms with Crippen molar-refractivity contribution in [2.45, 2.75) is 44.8 Å². The molecule has 5 rings (SSSR count). The van der Waals surface area contributed by atoms with Gasteiger partial charge in [-0.1, -0.05) is 43.1 Å². The van der Waals surface area contributed by atoms with Crippen molar-refractivity contribution < 1.29 is 31.9 Å². The van der Waals surface area contributed by atoms with Gasteiger partial charge in [-0.3, -0.25) is 19.4 Å². The van der Waals surface area contributed by atoms with Crippen LogP contribution in [0.15, 0.2) is 60.8 Å². The minimum atomic E-state index is -5.20. The first-order valence-corrected chi connectivity index (χ1v) is 14.1. The molecule has 2 bridgehead atoms. The monoisotopic (exact) mass is 614 g/mol. The number of alkyl halides is 3. The third kappa shape index (κ3) is 6.41. The minimum absolute atomic E-state index is 0.0791. The molecule has 0 radical (unpaired) electrons. The molecule has 0 aliphatic carbocycles. The maximum atomic E-state index is 15.2. The molecule has 224 valence electrons. The molecule has 3 aromatic rings. The van der Waals surface area contributed by atoms with Gasteiger partial charge < -0.3 is 15.5 Å². The van der Waals surface area contributed by atoms with Crippen molar-refractivity contribution >= 4 is 46.3 Å². The quantitative estimate of drug-likeness (QED) is 0.306. The molecule has 0 unspecified atom stereocenters. The second kappa shape index (κ2) is 12.2. The van der Waals surface area contributed by atoms with E-state index < -0.39 is 35.5 Å². The molecule has 0 saturated heterocycles. The largest absolute Gasteiger partial charge is 0.471 e. The number of fused-ring (bicyclic) bond motifs is 4. The van der Waals surface area contributed by atoms with Gasteiger partial charge in [0.1, 0.15) is 0 Å². The number of hydrogen-bond acceptors (Lipinski definition) is 4. The molecule has 2 N–H and O–H groups in total. The van der Waals surface area contributed by atoms with Crippen molar-refractivity contribution in [2.24, 2.45) is 5.92 Å². The molecule has 3 amide bonds. The Morgan fingerprint density at radius 1 is 1.12 bits per heavy atom. The van der Waals surface area contributed by atoms with E-state index in [0.29, 0.717) is 30.6 Å². The van der Waals surface area contributed by atoms with E-state index in [1.165, 1.54) is 0 Å². The number of carbonyl (C=O) groups excluding carboxylic acids is 3. The van der Waals surface area contributed by atoms with Crippen LogP contribution < -0.4 is 10.6 Å². The number of halogens is 5. The Morgan fingerprint density at radius 3 is 2.63 bits per heavy atom. The van der Waals surface area contributed by atoms with Gasteiger partial charge in [-0.2, -0.15) is 13.2 Å². The second-order valence-electron chi connectivity index (χ2n) is 10.5. The highest BCUT2D eigenvalue weighted by atomic mass is 35.5. The number of nitrogens with zero attached hydrogens (tertiary/aromatic N) is 2. The number of hydrogen-bond donors (Lipinski definition) is 2. The lowest BCUT2D eigenvalue weighted by atomic mass is 9.92. The third-order valence-corrected chi connectivity index (χ3v) is 7.97. The summed E-state index contributed by atoms with van der Waals surface area (Å²) < 4.78 is 54.0. The normalized spacial score (nSPS) is 19.4. The molecule has 1 aromatic heterocycles. The van der Waals surface area contributed by atoms with Gasteiger partial charge in [0.2, 0.25) is 11.8 Å². The Balaban J connectivity index is 1.51. The molecular formula is C31H27ClF4N4O3. The lowest BCUT2D eigenvalue weighted by Crippen LogP contribution is -2.38. The molecule has 7 nitrogen and oxygen atoms in total. The van der Waals surface area contributed by atoms with Crippen LogP contribution >= 0.6 is 11.6 Å². The fourth-order valence-electron chi connectivity index (χ4n) is 5.43. The van der Waals surface area contributed by atoms with Gasteiger partial charge in [-0.25, -0.2) is 4.39 Å². The van der Waals surface area contributed by atoms with Crippen molar-refractivity contribution in [2.75, 3.05) is 17.2 Å². The van der Waals surface area contributed by atoms with Gasteiger partial charge in [0.25, 0.3) is 0 Å². The summed E-state index contributed by atoms with van der Waals surface area (Å²) in [5.41, 5.74) is 2.18. The van der Waals surface area contributed by atoms with Crippen LogP contribution in [0.5, 0.6) is 0 Å². The Hall–Kier alpha value is -4.25. The average Bonchev–Trinajstić information content (AvgIpc) is 2.97. The van der Waals surface area contributed by atoms with E-state index in [0.717, 1.165) is 29.3 Å². The van der Waals surface area contributed by atoms with Crippen molar-refractivity contribution in [3.63, 3.8) is 0 Å². The molecule has 2 aliphatic rings. The summed E-state index contributed by atoms with van der Waals surface area (Å²) >= 11 is 5.93. The first kappa shape index (κ1) is 30.2. The highest BCUT2D eigenvalue weighted by Gasteiger charge is 2.39. The van der Waals surface area contributed by atoms with Crippen LogP contribution in [0.25, 0.3) is 16.7 Å². The number of carbonyl (C=O) groups is 3. The van der Waals surface area contributed by atoms with Crippen molar-refractivity contribution in [1.82, 2.24) is 9.88 Å². The second-order valence-corrected chi connectivity index (χ2v) is 10.9. The van der Waals surface area contributed by atoms with Crippen molar-refractivity contribution in [3.05, 3.63) is 82.9 Å². The molecule has 2 aromatic carbocycles. The summed E-state index contributed by atoms with van der Waals surface area (Å²) in [6, 6.07) is 12.7. The van der Waals surface area contributed by atoms with Crippen LogP contribution in [0.2, 0.25) is 5.02 Å². The van der Waals surface area contributed by atoms with Crippen LogP contribution in [0.1, 0.15) is 49.9 Å². The number of anilines is 2. The molecule has 2 atom stereocenters. The Labute approximate surface area is 249 Å². The molecule has 12 heteroatoms. The molecular weight excluding hydrogens is 588 g/mol. The smallest absolute Gasteiger partial charge is 0.330 e. The van der Waals surface area contributed by atoms with Crippen molar-refractivity contribution in [1.29, 1.82) is 0 Å². The standard InChI is InChI=1S/C31H27ClF4N4O3/c1-17-5-4-8-25(24-15-18(11-13-37-24)20-6-2-3-7-22(20)38-29(17)42)40-14-12-19(16-26(40)41)27-23(10-9-21(32)28(27)33)39-30(43)31(34,35)36/h2-3,6-7,9-11,13,15-17,25H,4-5,8,12,14H2,1H3,(H,38,42)(H,39,43)/t17-,25+/m1/s1. The summed E-state index contributed by atoms with van der Waals surface area (Å²) in [4.78, 5) is 44.3. The summed E-state index contributed by atoms with van der Waals surface area (Å²) in [6.07, 6.45) is -0.676. The summed E-state index contributed by atoms with van der Waals surface area (Å²) in [5.74, 6) is -4.22. The molecule has 0 fully saturated rings. The van der Waals surface area contributed by atoms with Gasteiger partial charge in [-0.15, -0.1) is 0 Å². The highest BCUT2D eigenvalue weighted by molar-refractivity contribution is 6.31. The number of pyridine rings is 1. The number of aromatic nitrogens is 1. The average molecular weight is 615 g/mol. The highest BCUT2D eigenvalue weighted by Crippen LogP contribution is 2.39. The molecule has 0 spiro atoms. The number of rotatable bonds is 3. The van der Waals surface area contributed by atoms with E-state index in [9.17, 15) is 27.6 Å². The van der Waals surface area contributed by atoms with Gasteiger partial charge >= 0.3 is 12.1 Å². The maximum Gasteiger partial charge on any atom is 0.471 e. The lowest BCUT2D eigenvalue weighted by Gasteiger charge is -2.35. The zero-order valence-corrected chi connectivity index (χ0v) is 23.7. The molecule has 43 heavy (non-hydrogen) atoms. The first-order valence-electron chi connectivity index (χ1n) is 13.7. The number of amides is 3. The molecule has 0 saturated carbocycles. The summed E-state index contributed by atoms with van der Waals surface area (Å²) in [5, 5.41) is 4.34. The van der Waals surface area contributed by atoms with E-state index in [2.05, 4.69) is 10.3 Å².